The number of aromatic nitrogens is 3. The van der Waals surface area contributed by atoms with Crippen LogP contribution < -0.4 is 22.1 Å². The van der Waals surface area contributed by atoms with Crippen molar-refractivity contribution in [3.05, 3.63) is 72.8 Å². The van der Waals surface area contributed by atoms with Crippen molar-refractivity contribution in [2.24, 2.45) is 0 Å². The molecule has 0 saturated heterocycles. The number of anilines is 1. The molecule has 0 bridgehead atoms. The van der Waals surface area contributed by atoms with Crippen LogP contribution in [-0.2, 0) is 24.2 Å². The molecule has 8 nitrogen and oxygen atoms in total. The van der Waals surface area contributed by atoms with Crippen LogP contribution in [-0.4, -0.2) is 20.4 Å². The van der Waals surface area contributed by atoms with Gasteiger partial charge in [-0.25, -0.2) is 4.79 Å². The van der Waals surface area contributed by atoms with E-state index in [9.17, 15) is 19.2 Å². The number of benzene rings is 1. The van der Waals surface area contributed by atoms with Gasteiger partial charge in [0.2, 0.25) is 5.91 Å². The van der Waals surface area contributed by atoms with Gasteiger partial charge in [-0.05, 0) is 43.4 Å². The van der Waals surface area contributed by atoms with E-state index in [1.807, 2.05) is 12.1 Å². The molecule has 8 heteroatoms. The van der Waals surface area contributed by atoms with Crippen LogP contribution in [0.15, 0.2) is 44.8 Å². The molecule has 1 aliphatic rings. The third-order valence-electron chi connectivity index (χ3n) is 5.10. The number of amides is 1. The van der Waals surface area contributed by atoms with Gasteiger partial charge in [-0.15, -0.1) is 0 Å². The Balaban J connectivity index is 1.51. The Kier molecular flexibility index (Phi) is 4.68. The third-order valence-corrected chi connectivity index (χ3v) is 5.10. The molecule has 2 heterocycles. The summed E-state index contributed by atoms with van der Waals surface area (Å²) in [6.45, 7) is 0.152. The fourth-order valence-electron chi connectivity index (χ4n) is 3.71. The van der Waals surface area contributed by atoms with E-state index in [4.69, 9.17) is 0 Å². The monoisotopic (exact) mass is 380 g/mol. The third kappa shape index (κ3) is 3.53. The van der Waals surface area contributed by atoms with Gasteiger partial charge in [0.25, 0.3) is 11.1 Å². The molecule has 3 aromatic rings. The number of nitrogens with one attached hydrogen (secondary N) is 3. The Morgan fingerprint density at radius 3 is 2.61 bits per heavy atom. The number of aromatic amines is 2. The highest BCUT2D eigenvalue weighted by molar-refractivity contribution is 5.94. The first-order chi connectivity index (χ1) is 13.5. The number of pyridine rings is 1. The smallest absolute Gasteiger partial charge is 0.326 e. The number of carbonyl (C=O) groups is 1. The molecule has 0 aliphatic heterocycles. The zero-order valence-electron chi connectivity index (χ0n) is 15.2. The number of fused-ring (bicyclic) bond motifs is 3. The number of carbonyl (C=O) groups excluding carboxylic acids is 1. The second-order valence-corrected chi connectivity index (χ2v) is 6.98. The summed E-state index contributed by atoms with van der Waals surface area (Å²) in [5, 5.41) is 3.81. The largest absolute Gasteiger partial charge is 0.328 e. The fourth-order valence-corrected chi connectivity index (χ4v) is 3.71. The molecule has 0 fully saturated rings. The zero-order chi connectivity index (χ0) is 19.7. The Morgan fingerprint density at radius 1 is 1.04 bits per heavy atom. The van der Waals surface area contributed by atoms with Crippen LogP contribution in [0, 0.1) is 0 Å². The standard InChI is InChI=1S/C20H20N4O4/c25-17(7-9-24-10-8-18(26)23-20(24)28)21-12-5-6-14-13-3-1-2-4-15(13)19(27)22-16(14)11-12/h5-6,8,10-11H,1-4,7,9H2,(H,21,25)(H,22,27)(H,23,26,28). The highest BCUT2D eigenvalue weighted by atomic mass is 16.2. The normalized spacial score (nSPS) is 13.3. The van der Waals surface area contributed by atoms with Crippen molar-refractivity contribution in [3.8, 4) is 0 Å². The van der Waals surface area contributed by atoms with Gasteiger partial charge in [0, 0.05) is 41.9 Å². The molecule has 1 aliphatic carbocycles. The highest BCUT2D eigenvalue weighted by Crippen LogP contribution is 2.27. The van der Waals surface area contributed by atoms with E-state index in [1.54, 1.807) is 6.07 Å². The van der Waals surface area contributed by atoms with Gasteiger partial charge in [-0.3, -0.25) is 19.4 Å². The second kappa shape index (κ2) is 7.30. The Bertz CT molecular complexity index is 1240. The van der Waals surface area contributed by atoms with Gasteiger partial charge < -0.3 is 14.9 Å². The van der Waals surface area contributed by atoms with Crippen molar-refractivity contribution < 1.29 is 4.79 Å². The van der Waals surface area contributed by atoms with Crippen molar-refractivity contribution in [3.63, 3.8) is 0 Å². The van der Waals surface area contributed by atoms with Crippen molar-refractivity contribution in [2.45, 2.75) is 38.6 Å². The van der Waals surface area contributed by atoms with Crippen molar-refractivity contribution in [2.75, 3.05) is 5.32 Å². The molecular weight excluding hydrogens is 360 g/mol. The topological polar surface area (TPSA) is 117 Å². The molecular formula is C20H20N4O4. The first kappa shape index (κ1) is 18.0. The van der Waals surface area contributed by atoms with Crippen LogP contribution >= 0.6 is 0 Å². The van der Waals surface area contributed by atoms with Gasteiger partial charge in [0.1, 0.15) is 0 Å². The molecule has 3 N–H and O–H groups in total. The lowest BCUT2D eigenvalue weighted by molar-refractivity contribution is -0.116. The molecule has 28 heavy (non-hydrogen) atoms. The first-order valence-corrected chi connectivity index (χ1v) is 9.29. The predicted octanol–water partition coefficient (Wildman–Crippen LogP) is 1.29. The lowest BCUT2D eigenvalue weighted by Crippen LogP contribution is -2.29. The average molecular weight is 380 g/mol. The quantitative estimate of drug-likeness (QED) is 0.632. The predicted molar refractivity (Wildman–Crippen MR) is 106 cm³/mol. The van der Waals surface area contributed by atoms with E-state index in [-0.39, 0.29) is 24.4 Å². The van der Waals surface area contributed by atoms with Gasteiger partial charge >= 0.3 is 5.69 Å². The first-order valence-electron chi connectivity index (χ1n) is 9.29. The molecule has 1 amide bonds. The minimum atomic E-state index is -0.548. The summed E-state index contributed by atoms with van der Waals surface area (Å²) >= 11 is 0. The molecule has 0 spiro atoms. The maximum Gasteiger partial charge on any atom is 0.328 e. The maximum absolute atomic E-state index is 12.3. The molecule has 0 saturated carbocycles. The SMILES string of the molecule is O=C(CCn1ccc(=O)[nH]c1=O)Nc1ccc2c3c(c(=O)[nH]c2c1)CCCC3. The summed E-state index contributed by atoms with van der Waals surface area (Å²) < 4.78 is 1.27. The minimum Gasteiger partial charge on any atom is -0.326 e. The van der Waals surface area contributed by atoms with Crippen LogP contribution in [0.25, 0.3) is 10.9 Å². The van der Waals surface area contributed by atoms with Crippen LogP contribution in [0.5, 0.6) is 0 Å². The van der Waals surface area contributed by atoms with E-state index < -0.39 is 11.2 Å². The van der Waals surface area contributed by atoms with Crippen molar-refractivity contribution in [1.82, 2.24) is 14.5 Å². The van der Waals surface area contributed by atoms with Crippen LogP contribution in [0.4, 0.5) is 5.69 Å². The van der Waals surface area contributed by atoms with Gasteiger partial charge in [0.15, 0.2) is 0 Å². The van der Waals surface area contributed by atoms with Gasteiger partial charge in [-0.1, -0.05) is 6.07 Å². The number of rotatable bonds is 4. The Labute approximate surface area is 159 Å². The van der Waals surface area contributed by atoms with E-state index >= 15 is 0 Å². The molecule has 0 unspecified atom stereocenters. The van der Waals surface area contributed by atoms with Crippen molar-refractivity contribution >= 4 is 22.5 Å². The number of H-pyrrole nitrogens is 2. The fraction of sp³-hybridized carbons (Fsp3) is 0.300. The number of aryl methyl sites for hydroxylation is 2. The zero-order valence-corrected chi connectivity index (χ0v) is 15.2. The summed E-state index contributed by atoms with van der Waals surface area (Å²) in [6.07, 6.45) is 5.25. The molecule has 0 atom stereocenters. The van der Waals surface area contributed by atoms with E-state index in [0.717, 1.165) is 42.2 Å². The lowest BCUT2D eigenvalue weighted by atomic mass is 9.90. The van der Waals surface area contributed by atoms with Crippen LogP contribution in [0.2, 0.25) is 0 Å². The summed E-state index contributed by atoms with van der Waals surface area (Å²) in [6, 6.07) is 6.74. The van der Waals surface area contributed by atoms with Crippen LogP contribution in [0.3, 0.4) is 0 Å². The van der Waals surface area contributed by atoms with E-state index in [2.05, 4.69) is 15.3 Å². The second-order valence-electron chi connectivity index (χ2n) is 6.98. The number of hydrogen-bond acceptors (Lipinski definition) is 4. The highest BCUT2D eigenvalue weighted by Gasteiger charge is 2.16. The van der Waals surface area contributed by atoms with E-state index in [0.29, 0.717) is 11.2 Å². The summed E-state index contributed by atoms with van der Waals surface area (Å²) in [5.74, 6) is -0.266. The van der Waals surface area contributed by atoms with Crippen molar-refractivity contribution in [1.29, 1.82) is 0 Å². The molecule has 4 rings (SSSR count). The summed E-state index contributed by atoms with van der Waals surface area (Å²) in [5.41, 5.74) is 2.20. The van der Waals surface area contributed by atoms with Crippen LogP contribution in [0.1, 0.15) is 30.4 Å². The number of nitrogens with zero attached hydrogens (tertiary/aromatic N) is 1. The molecule has 144 valence electrons. The maximum atomic E-state index is 12.3. The molecule has 0 radical (unpaired) electrons. The summed E-state index contributed by atoms with van der Waals surface area (Å²) in [4.78, 5) is 52.3. The van der Waals surface area contributed by atoms with E-state index in [1.165, 1.54) is 16.8 Å². The average Bonchev–Trinajstić information content (AvgIpc) is 2.67. The minimum absolute atomic E-state index is 0.0527. The Hall–Kier alpha value is -3.42. The molecule has 1 aromatic carbocycles. The van der Waals surface area contributed by atoms with Gasteiger partial charge in [-0.2, -0.15) is 0 Å². The molecule has 2 aromatic heterocycles. The van der Waals surface area contributed by atoms with Gasteiger partial charge in [0.05, 0.1) is 5.52 Å². The Morgan fingerprint density at radius 2 is 1.82 bits per heavy atom. The lowest BCUT2D eigenvalue weighted by Gasteiger charge is -2.17. The number of hydrogen-bond donors (Lipinski definition) is 3. The summed E-state index contributed by atoms with van der Waals surface area (Å²) in [7, 11) is 0.